The van der Waals surface area contributed by atoms with Gasteiger partial charge in [-0.1, -0.05) is 12.1 Å². The lowest BCUT2D eigenvalue weighted by Crippen LogP contribution is -2.29. The van der Waals surface area contributed by atoms with Gasteiger partial charge in [0.05, 0.1) is 0 Å². The van der Waals surface area contributed by atoms with Gasteiger partial charge in [-0.05, 0) is 37.8 Å². The summed E-state index contributed by atoms with van der Waals surface area (Å²) >= 11 is 0. The van der Waals surface area contributed by atoms with Crippen LogP contribution in [0.1, 0.15) is 5.69 Å². The average molecular weight is 285 g/mol. The molecule has 0 saturated carbocycles. The highest BCUT2D eigenvalue weighted by atomic mass is 28.4. The van der Waals surface area contributed by atoms with E-state index in [9.17, 15) is 0 Å². The zero-order chi connectivity index (χ0) is 14.4. The van der Waals surface area contributed by atoms with Crippen molar-refractivity contribution in [2.24, 2.45) is 4.99 Å². The molecule has 1 aromatic heterocycles. The highest BCUT2D eigenvalue weighted by Gasteiger charge is 2.17. The van der Waals surface area contributed by atoms with E-state index in [-0.39, 0.29) is 0 Å². The van der Waals surface area contributed by atoms with E-state index in [1.54, 1.807) is 12.5 Å². The van der Waals surface area contributed by atoms with Gasteiger partial charge in [-0.2, -0.15) is 0 Å². The van der Waals surface area contributed by atoms with Gasteiger partial charge in [0.1, 0.15) is 17.8 Å². The average Bonchev–Trinajstić information content (AvgIpc) is 2.40. The molecule has 0 radical (unpaired) electrons. The van der Waals surface area contributed by atoms with E-state index < -0.39 is 8.32 Å². The molecule has 0 unspecified atom stereocenters. The molecule has 0 fully saturated rings. The molecule has 0 atom stereocenters. The van der Waals surface area contributed by atoms with Gasteiger partial charge in [0, 0.05) is 24.5 Å². The number of aliphatic imine (C=N–C) groups is 1. The first-order valence-electron chi connectivity index (χ1n) is 6.60. The van der Waals surface area contributed by atoms with E-state index in [0.717, 1.165) is 17.1 Å². The summed E-state index contributed by atoms with van der Waals surface area (Å²) in [6.07, 6.45) is 5.82. The Bertz CT molecular complexity index is 579. The van der Waals surface area contributed by atoms with Crippen molar-refractivity contribution in [2.45, 2.75) is 26.1 Å². The number of hydrogen-bond acceptors (Lipinski definition) is 4. The molecule has 0 saturated heterocycles. The minimum Gasteiger partial charge on any atom is -0.543 e. The molecule has 2 aromatic rings. The van der Waals surface area contributed by atoms with Crippen LogP contribution in [0.25, 0.3) is 0 Å². The quantitative estimate of drug-likeness (QED) is 0.622. The smallest absolute Gasteiger partial charge is 0.242 e. The van der Waals surface area contributed by atoms with Crippen molar-refractivity contribution in [1.82, 2.24) is 9.97 Å². The van der Waals surface area contributed by atoms with Gasteiger partial charge in [-0.25, -0.2) is 9.97 Å². The summed E-state index contributed by atoms with van der Waals surface area (Å²) in [4.78, 5) is 12.6. The molecule has 0 bridgehead atoms. The zero-order valence-corrected chi connectivity index (χ0v) is 13.1. The first-order chi connectivity index (χ1) is 9.54. The predicted octanol–water partition coefficient (Wildman–Crippen LogP) is 3.64. The fourth-order valence-electron chi connectivity index (χ4n) is 1.66. The van der Waals surface area contributed by atoms with Crippen LogP contribution in [0.3, 0.4) is 0 Å². The second-order valence-electron chi connectivity index (χ2n) is 5.40. The second kappa shape index (κ2) is 6.43. The Hall–Kier alpha value is -2.01. The van der Waals surface area contributed by atoms with Gasteiger partial charge in [-0.3, -0.25) is 4.99 Å². The van der Waals surface area contributed by atoms with E-state index >= 15 is 0 Å². The molecule has 1 heterocycles. The number of rotatable bonds is 5. The summed E-state index contributed by atoms with van der Waals surface area (Å²) in [5.41, 5.74) is 1.82. The van der Waals surface area contributed by atoms with Crippen molar-refractivity contribution in [1.29, 1.82) is 0 Å². The van der Waals surface area contributed by atoms with Crippen LogP contribution in [0, 0.1) is 0 Å². The van der Waals surface area contributed by atoms with Crippen LogP contribution < -0.4 is 4.43 Å². The zero-order valence-electron chi connectivity index (χ0n) is 12.1. The monoisotopic (exact) mass is 285 g/mol. The van der Waals surface area contributed by atoms with Crippen molar-refractivity contribution < 1.29 is 4.43 Å². The highest BCUT2D eigenvalue weighted by Crippen LogP contribution is 2.28. The SMILES string of the molecule is C[Si](C)(C)Oc1ccccc1N=CCc1ccncn1. The van der Waals surface area contributed by atoms with Crippen molar-refractivity contribution in [3.63, 3.8) is 0 Å². The van der Waals surface area contributed by atoms with Gasteiger partial charge < -0.3 is 4.43 Å². The number of hydrogen-bond donors (Lipinski definition) is 0. The fraction of sp³-hybridized carbons (Fsp3) is 0.267. The minimum absolute atomic E-state index is 0.684. The number of nitrogens with zero attached hydrogens (tertiary/aromatic N) is 3. The summed E-state index contributed by atoms with van der Waals surface area (Å²) in [5, 5.41) is 0. The Morgan fingerprint density at radius 2 is 2.00 bits per heavy atom. The van der Waals surface area contributed by atoms with Crippen LogP contribution >= 0.6 is 0 Å². The molecule has 0 spiro atoms. The first-order valence-corrected chi connectivity index (χ1v) is 10.0. The molecular formula is C15H19N3OSi. The van der Waals surface area contributed by atoms with Crippen molar-refractivity contribution in [2.75, 3.05) is 0 Å². The Morgan fingerprint density at radius 1 is 1.20 bits per heavy atom. The third kappa shape index (κ3) is 4.58. The van der Waals surface area contributed by atoms with E-state index in [1.165, 1.54) is 0 Å². The maximum absolute atomic E-state index is 6.04. The molecule has 0 N–H and O–H groups in total. The molecule has 4 nitrogen and oxygen atoms in total. The summed E-state index contributed by atoms with van der Waals surface area (Å²) in [6.45, 7) is 6.48. The van der Waals surface area contributed by atoms with Crippen LogP contribution in [-0.2, 0) is 6.42 Å². The van der Waals surface area contributed by atoms with Crippen LogP contribution in [0.2, 0.25) is 19.6 Å². The lowest BCUT2D eigenvalue weighted by Gasteiger charge is -2.20. The van der Waals surface area contributed by atoms with E-state index in [2.05, 4.69) is 34.6 Å². The Labute approximate surface area is 120 Å². The van der Waals surface area contributed by atoms with E-state index in [4.69, 9.17) is 4.43 Å². The highest BCUT2D eigenvalue weighted by molar-refractivity contribution is 6.70. The molecule has 5 heteroatoms. The summed E-state index contributed by atoms with van der Waals surface area (Å²) < 4.78 is 6.04. The van der Waals surface area contributed by atoms with Crippen molar-refractivity contribution in [3.8, 4) is 5.75 Å². The molecule has 0 aliphatic carbocycles. The molecule has 20 heavy (non-hydrogen) atoms. The van der Waals surface area contributed by atoms with Gasteiger partial charge in [0.15, 0.2) is 0 Å². The fourth-order valence-corrected chi connectivity index (χ4v) is 2.49. The minimum atomic E-state index is -1.63. The van der Waals surface area contributed by atoms with Gasteiger partial charge in [0.2, 0.25) is 8.32 Å². The number of benzene rings is 1. The van der Waals surface area contributed by atoms with E-state index in [0.29, 0.717) is 6.42 Å². The molecule has 1 aromatic carbocycles. The molecule has 0 aliphatic rings. The van der Waals surface area contributed by atoms with Gasteiger partial charge in [0.25, 0.3) is 0 Å². The maximum Gasteiger partial charge on any atom is 0.242 e. The standard InChI is InChI=1S/C15H19N3OSi/c1-20(2,3)19-15-7-5-4-6-14(15)17-11-9-13-8-10-16-12-18-13/h4-8,10-12H,9H2,1-3H3. The van der Waals surface area contributed by atoms with Crippen LogP contribution in [0.5, 0.6) is 5.75 Å². The van der Waals surface area contributed by atoms with Crippen molar-refractivity contribution >= 4 is 20.2 Å². The Kier molecular flexibility index (Phi) is 4.63. The van der Waals surface area contributed by atoms with Crippen molar-refractivity contribution in [3.05, 3.63) is 48.5 Å². The second-order valence-corrected chi connectivity index (χ2v) is 9.83. The maximum atomic E-state index is 6.04. The molecule has 0 amide bonds. The lowest BCUT2D eigenvalue weighted by molar-refractivity contribution is 0.559. The van der Waals surface area contributed by atoms with Crippen LogP contribution in [-0.4, -0.2) is 24.5 Å². The van der Waals surface area contributed by atoms with Crippen LogP contribution in [0.4, 0.5) is 5.69 Å². The predicted molar refractivity (Wildman–Crippen MR) is 84.3 cm³/mol. The topological polar surface area (TPSA) is 47.4 Å². The molecule has 104 valence electrons. The van der Waals surface area contributed by atoms with E-state index in [1.807, 2.05) is 36.5 Å². The first kappa shape index (κ1) is 14.4. The largest absolute Gasteiger partial charge is 0.543 e. The number of para-hydroxylation sites is 2. The molecular weight excluding hydrogens is 266 g/mol. The normalized spacial score (nSPS) is 11.8. The van der Waals surface area contributed by atoms with Crippen LogP contribution in [0.15, 0.2) is 47.8 Å². The Morgan fingerprint density at radius 3 is 2.70 bits per heavy atom. The Balaban J connectivity index is 2.09. The molecule has 0 aliphatic heterocycles. The van der Waals surface area contributed by atoms with Gasteiger partial charge >= 0.3 is 0 Å². The number of aromatic nitrogens is 2. The summed E-state index contributed by atoms with van der Waals surface area (Å²) in [6, 6.07) is 9.76. The third-order valence-electron chi connectivity index (χ3n) is 2.46. The summed E-state index contributed by atoms with van der Waals surface area (Å²) in [7, 11) is -1.63. The van der Waals surface area contributed by atoms with Gasteiger partial charge in [-0.15, -0.1) is 0 Å². The lowest BCUT2D eigenvalue weighted by atomic mass is 10.3. The third-order valence-corrected chi connectivity index (χ3v) is 3.29. The molecule has 2 rings (SSSR count). The summed E-state index contributed by atoms with van der Waals surface area (Å²) in [5.74, 6) is 0.852.